The Labute approximate surface area is 95.5 Å². The van der Waals surface area contributed by atoms with Crippen LogP contribution in [0.1, 0.15) is 59.8 Å². The van der Waals surface area contributed by atoms with E-state index in [-0.39, 0.29) is 0 Å². The van der Waals surface area contributed by atoms with E-state index in [9.17, 15) is 0 Å². The van der Waals surface area contributed by atoms with Gasteiger partial charge in [-0.25, -0.2) is 0 Å². The Morgan fingerprint density at radius 1 is 1.07 bits per heavy atom. The summed E-state index contributed by atoms with van der Waals surface area (Å²) in [6.07, 6.45) is 11.3. The Morgan fingerprint density at radius 3 is 2.27 bits per heavy atom. The predicted octanol–water partition coefficient (Wildman–Crippen LogP) is 5.12. The number of rotatable bonds is 5. The predicted molar refractivity (Wildman–Crippen MR) is 68.9 cm³/mol. The molecule has 0 spiro atoms. The van der Waals surface area contributed by atoms with Crippen LogP contribution in [0.15, 0.2) is 23.3 Å². The van der Waals surface area contributed by atoms with Gasteiger partial charge in [0.05, 0.1) is 0 Å². The molecule has 0 amide bonds. The van der Waals surface area contributed by atoms with Gasteiger partial charge in [-0.1, -0.05) is 57.4 Å². The van der Waals surface area contributed by atoms with Gasteiger partial charge in [-0.15, -0.1) is 0 Å². The van der Waals surface area contributed by atoms with Crippen molar-refractivity contribution in [2.24, 2.45) is 11.8 Å². The van der Waals surface area contributed by atoms with Gasteiger partial charge in [0.1, 0.15) is 0 Å². The summed E-state index contributed by atoms with van der Waals surface area (Å²) < 4.78 is 0. The monoisotopic (exact) mass is 206 g/mol. The maximum absolute atomic E-state index is 2.39. The smallest absolute Gasteiger partial charge is 0.0228 e. The van der Waals surface area contributed by atoms with Crippen molar-refractivity contribution in [2.45, 2.75) is 59.8 Å². The average Bonchev–Trinajstić information content (AvgIpc) is 2.26. The molecule has 1 aliphatic carbocycles. The third-order valence-corrected chi connectivity index (χ3v) is 3.53. The van der Waals surface area contributed by atoms with Crippen LogP contribution in [0.3, 0.4) is 0 Å². The molecule has 0 aromatic rings. The maximum atomic E-state index is 2.39. The van der Waals surface area contributed by atoms with Crippen LogP contribution in [0.25, 0.3) is 0 Å². The summed E-state index contributed by atoms with van der Waals surface area (Å²) in [5, 5.41) is 0. The van der Waals surface area contributed by atoms with Crippen molar-refractivity contribution in [3.05, 3.63) is 23.3 Å². The summed E-state index contributed by atoms with van der Waals surface area (Å²) >= 11 is 0. The van der Waals surface area contributed by atoms with E-state index < -0.39 is 0 Å². The van der Waals surface area contributed by atoms with Crippen LogP contribution >= 0.6 is 0 Å². The van der Waals surface area contributed by atoms with Gasteiger partial charge in [-0.05, 0) is 37.5 Å². The molecule has 0 saturated carbocycles. The zero-order valence-corrected chi connectivity index (χ0v) is 10.8. The third kappa shape index (κ3) is 4.24. The lowest BCUT2D eigenvalue weighted by Gasteiger charge is -2.20. The SMILES string of the molecule is CCC1=CC=C(C(C)CCC(C)C)CC1. The van der Waals surface area contributed by atoms with Crippen molar-refractivity contribution in [1.29, 1.82) is 0 Å². The molecule has 0 heteroatoms. The zero-order valence-electron chi connectivity index (χ0n) is 10.8. The first-order chi connectivity index (χ1) is 7.13. The maximum Gasteiger partial charge on any atom is -0.0228 e. The molecule has 0 radical (unpaired) electrons. The van der Waals surface area contributed by atoms with E-state index in [1.807, 2.05) is 0 Å². The molecule has 86 valence electrons. The van der Waals surface area contributed by atoms with Crippen molar-refractivity contribution in [3.8, 4) is 0 Å². The highest BCUT2D eigenvalue weighted by atomic mass is 14.2. The molecule has 0 fully saturated rings. The van der Waals surface area contributed by atoms with Crippen LogP contribution in [0, 0.1) is 11.8 Å². The molecule has 1 unspecified atom stereocenters. The standard InChI is InChI=1S/C15H26/c1-5-14-8-10-15(11-9-14)13(4)7-6-12(2)3/h8,10,12-13H,5-7,9,11H2,1-4H3. The summed E-state index contributed by atoms with van der Waals surface area (Å²) in [5.41, 5.74) is 3.29. The minimum absolute atomic E-state index is 0.794. The van der Waals surface area contributed by atoms with E-state index in [4.69, 9.17) is 0 Å². The van der Waals surface area contributed by atoms with E-state index in [1.165, 1.54) is 32.1 Å². The Hall–Kier alpha value is -0.520. The second kappa shape index (κ2) is 6.15. The fraction of sp³-hybridized carbons (Fsp3) is 0.733. The van der Waals surface area contributed by atoms with Gasteiger partial charge in [0.15, 0.2) is 0 Å². The minimum Gasteiger partial charge on any atom is -0.0702 e. The van der Waals surface area contributed by atoms with Crippen LogP contribution in [0.4, 0.5) is 0 Å². The fourth-order valence-corrected chi connectivity index (χ4v) is 2.17. The molecular weight excluding hydrogens is 180 g/mol. The first-order valence-electron chi connectivity index (χ1n) is 6.52. The highest BCUT2D eigenvalue weighted by molar-refractivity contribution is 5.25. The van der Waals surface area contributed by atoms with Gasteiger partial charge in [-0.3, -0.25) is 0 Å². The van der Waals surface area contributed by atoms with Crippen molar-refractivity contribution in [2.75, 3.05) is 0 Å². The summed E-state index contributed by atoms with van der Waals surface area (Å²) in [5.74, 6) is 1.64. The van der Waals surface area contributed by atoms with Gasteiger partial charge >= 0.3 is 0 Å². The quantitative estimate of drug-likeness (QED) is 0.586. The first-order valence-corrected chi connectivity index (χ1v) is 6.52. The van der Waals surface area contributed by atoms with Gasteiger partial charge in [-0.2, -0.15) is 0 Å². The van der Waals surface area contributed by atoms with Crippen molar-refractivity contribution in [3.63, 3.8) is 0 Å². The summed E-state index contributed by atoms with van der Waals surface area (Å²) in [7, 11) is 0. The van der Waals surface area contributed by atoms with E-state index in [0.717, 1.165) is 11.8 Å². The van der Waals surface area contributed by atoms with Crippen LogP contribution in [-0.2, 0) is 0 Å². The molecule has 0 nitrogen and oxygen atoms in total. The second-order valence-electron chi connectivity index (χ2n) is 5.29. The van der Waals surface area contributed by atoms with E-state index in [2.05, 4.69) is 39.8 Å². The van der Waals surface area contributed by atoms with Gasteiger partial charge in [0.2, 0.25) is 0 Å². The molecule has 1 atom stereocenters. The number of hydrogen-bond acceptors (Lipinski definition) is 0. The van der Waals surface area contributed by atoms with E-state index >= 15 is 0 Å². The molecule has 0 aromatic carbocycles. The molecule has 0 aliphatic heterocycles. The molecular formula is C15H26. The molecule has 0 N–H and O–H groups in total. The van der Waals surface area contributed by atoms with E-state index in [0.29, 0.717) is 0 Å². The van der Waals surface area contributed by atoms with E-state index in [1.54, 1.807) is 11.1 Å². The fourth-order valence-electron chi connectivity index (χ4n) is 2.17. The lowest BCUT2D eigenvalue weighted by atomic mass is 9.86. The van der Waals surface area contributed by atoms with Crippen LogP contribution in [-0.4, -0.2) is 0 Å². The third-order valence-electron chi connectivity index (χ3n) is 3.53. The zero-order chi connectivity index (χ0) is 11.3. The van der Waals surface area contributed by atoms with Gasteiger partial charge in [0, 0.05) is 0 Å². The molecule has 0 bridgehead atoms. The van der Waals surface area contributed by atoms with Crippen LogP contribution in [0.5, 0.6) is 0 Å². The lowest BCUT2D eigenvalue weighted by Crippen LogP contribution is -2.04. The average molecular weight is 206 g/mol. The molecule has 0 aromatic heterocycles. The number of allylic oxidation sites excluding steroid dienone is 4. The second-order valence-corrected chi connectivity index (χ2v) is 5.29. The summed E-state index contributed by atoms with van der Waals surface area (Å²) in [4.78, 5) is 0. The Kier molecular flexibility index (Phi) is 5.14. The molecule has 1 rings (SSSR count). The van der Waals surface area contributed by atoms with Crippen molar-refractivity contribution in [1.82, 2.24) is 0 Å². The van der Waals surface area contributed by atoms with Crippen LogP contribution < -0.4 is 0 Å². The Balaban J connectivity index is 2.44. The summed E-state index contributed by atoms with van der Waals surface area (Å²) in [6.45, 7) is 9.28. The largest absolute Gasteiger partial charge is 0.0702 e. The highest BCUT2D eigenvalue weighted by Crippen LogP contribution is 2.28. The van der Waals surface area contributed by atoms with Gasteiger partial charge in [0.25, 0.3) is 0 Å². The van der Waals surface area contributed by atoms with Crippen molar-refractivity contribution < 1.29 is 0 Å². The summed E-state index contributed by atoms with van der Waals surface area (Å²) in [6, 6.07) is 0. The molecule has 15 heavy (non-hydrogen) atoms. The van der Waals surface area contributed by atoms with Crippen molar-refractivity contribution >= 4 is 0 Å². The molecule has 1 aliphatic rings. The molecule has 0 saturated heterocycles. The van der Waals surface area contributed by atoms with Gasteiger partial charge < -0.3 is 0 Å². The Morgan fingerprint density at radius 2 is 1.80 bits per heavy atom. The lowest BCUT2D eigenvalue weighted by molar-refractivity contribution is 0.479. The minimum atomic E-state index is 0.794. The Bertz CT molecular complexity index is 243. The van der Waals surface area contributed by atoms with Crippen LogP contribution in [0.2, 0.25) is 0 Å². The normalized spacial score (nSPS) is 18.7. The topological polar surface area (TPSA) is 0 Å². The first kappa shape index (κ1) is 12.5. The molecule has 0 heterocycles. The highest BCUT2D eigenvalue weighted by Gasteiger charge is 2.12. The number of hydrogen-bond donors (Lipinski definition) is 0.